The van der Waals surface area contributed by atoms with Crippen molar-refractivity contribution >= 4 is 6.29 Å². The van der Waals surface area contributed by atoms with Crippen LogP contribution in [0.5, 0.6) is 0 Å². The zero-order chi connectivity index (χ0) is 11.8. The predicted molar refractivity (Wildman–Crippen MR) is 62.3 cm³/mol. The number of ether oxygens (including phenoxy) is 2. The third-order valence-electron chi connectivity index (χ3n) is 2.29. The molecule has 0 bridgehead atoms. The molecule has 0 aliphatic rings. The lowest BCUT2D eigenvalue weighted by Crippen LogP contribution is -2.26. The van der Waals surface area contributed by atoms with Gasteiger partial charge in [0.05, 0.1) is 5.92 Å². The van der Waals surface area contributed by atoms with Gasteiger partial charge in [-0.05, 0) is 19.4 Å². The molecule has 0 heterocycles. The molecule has 0 aromatic heterocycles. The minimum atomic E-state index is -0.491. The van der Waals surface area contributed by atoms with E-state index in [0.29, 0.717) is 13.2 Å². The van der Waals surface area contributed by atoms with Gasteiger partial charge in [-0.3, -0.25) is 0 Å². The molecular weight excluding hydrogens is 204 g/mol. The summed E-state index contributed by atoms with van der Waals surface area (Å²) in [4.78, 5) is 11.1. The van der Waals surface area contributed by atoms with E-state index in [2.05, 4.69) is 0 Å². The minimum absolute atomic E-state index is 0.360. The van der Waals surface area contributed by atoms with Crippen molar-refractivity contribution in [3.05, 3.63) is 35.9 Å². The number of carbonyl (C=O) groups excluding carboxylic acids is 1. The van der Waals surface area contributed by atoms with Crippen LogP contribution < -0.4 is 0 Å². The topological polar surface area (TPSA) is 35.5 Å². The SMILES string of the molecule is CCOC(OCC)C(C=O)c1ccccc1. The number of hydrogen-bond donors (Lipinski definition) is 0. The van der Waals surface area contributed by atoms with Gasteiger partial charge in [-0.25, -0.2) is 0 Å². The van der Waals surface area contributed by atoms with Crippen LogP contribution in [0.1, 0.15) is 25.3 Å². The summed E-state index contributed by atoms with van der Waals surface area (Å²) in [7, 11) is 0. The lowest BCUT2D eigenvalue weighted by Gasteiger charge is -2.22. The summed E-state index contributed by atoms with van der Waals surface area (Å²) in [6, 6.07) is 9.54. The van der Waals surface area contributed by atoms with Gasteiger partial charge in [0.2, 0.25) is 0 Å². The van der Waals surface area contributed by atoms with Crippen molar-refractivity contribution in [2.75, 3.05) is 13.2 Å². The van der Waals surface area contributed by atoms with Gasteiger partial charge in [0, 0.05) is 13.2 Å². The van der Waals surface area contributed by atoms with E-state index >= 15 is 0 Å². The Hall–Kier alpha value is -1.19. The Balaban J connectivity index is 2.81. The number of benzene rings is 1. The fourth-order valence-corrected chi connectivity index (χ4v) is 1.56. The molecule has 16 heavy (non-hydrogen) atoms. The maximum absolute atomic E-state index is 11.1. The molecule has 1 aromatic carbocycles. The summed E-state index contributed by atoms with van der Waals surface area (Å²) in [6.07, 6.45) is 0.389. The normalized spacial score (nSPS) is 12.7. The van der Waals surface area contributed by atoms with Crippen molar-refractivity contribution in [3.8, 4) is 0 Å². The van der Waals surface area contributed by atoms with Gasteiger partial charge in [0.15, 0.2) is 6.29 Å². The Morgan fingerprint density at radius 3 is 2.12 bits per heavy atom. The number of aldehydes is 1. The van der Waals surface area contributed by atoms with Gasteiger partial charge < -0.3 is 14.3 Å². The molecule has 0 saturated carbocycles. The third kappa shape index (κ3) is 3.43. The Labute approximate surface area is 96.4 Å². The summed E-state index contributed by atoms with van der Waals surface area (Å²) in [5.41, 5.74) is 0.921. The molecular formula is C13H18O3. The van der Waals surface area contributed by atoms with Crippen molar-refractivity contribution in [2.45, 2.75) is 26.1 Å². The molecule has 0 amide bonds. The van der Waals surface area contributed by atoms with E-state index in [0.717, 1.165) is 11.8 Å². The Morgan fingerprint density at radius 2 is 1.69 bits per heavy atom. The molecule has 0 spiro atoms. The molecule has 0 aliphatic heterocycles. The average Bonchev–Trinajstić information content (AvgIpc) is 2.32. The van der Waals surface area contributed by atoms with Gasteiger partial charge in [-0.2, -0.15) is 0 Å². The summed E-state index contributed by atoms with van der Waals surface area (Å²) < 4.78 is 10.9. The van der Waals surface area contributed by atoms with E-state index < -0.39 is 6.29 Å². The van der Waals surface area contributed by atoms with Crippen LogP contribution in [0.2, 0.25) is 0 Å². The third-order valence-corrected chi connectivity index (χ3v) is 2.29. The largest absolute Gasteiger partial charge is 0.352 e. The van der Waals surface area contributed by atoms with Gasteiger partial charge in [0.25, 0.3) is 0 Å². The summed E-state index contributed by atoms with van der Waals surface area (Å²) in [5.74, 6) is -0.360. The summed E-state index contributed by atoms with van der Waals surface area (Å²) in [5, 5.41) is 0. The highest BCUT2D eigenvalue weighted by Gasteiger charge is 2.23. The van der Waals surface area contributed by atoms with Crippen LogP contribution in [0.15, 0.2) is 30.3 Å². The molecule has 1 rings (SSSR count). The van der Waals surface area contributed by atoms with Crippen molar-refractivity contribution in [3.63, 3.8) is 0 Å². The van der Waals surface area contributed by atoms with Crippen molar-refractivity contribution in [2.24, 2.45) is 0 Å². The molecule has 1 aromatic rings. The maximum atomic E-state index is 11.1. The zero-order valence-electron chi connectivity index (χ0n) is 9.76. The van der Waals surface area contributed by atoms with Gasteiger partial charge >= 0.3 is 0 Å². The first-order valence-electron chi connectivity index (χ1n) is 5.56. The van der Waals surface area contributed by atoms with Gasteiger partial charge in [0.1, 0.15) is 6.29 Å². The van der Waals surface area contributed by atoms with E-state index in [1.807, 2.05) is 44.2 Å². The van der Waals surface area contributed by atoms with Crippen molar-refractivity contribution in [1.29, 1.82) is 0 Å². The lowest BCUT2D eigenvalue weighted by molar-refractivity contribution is -0.154. The second-order valence-electron chi connectivity index (χ2n) is 3.35. The van der Waals surface area contributed by atoms with E-state index in [4.69, 9.17) is 9.47 Å². The molecule has 3 nitrogen and oxygen atoms in total. The summed E-state index contributed by atoms with van der Waals surface area (Å²) in [6.45, 7) is 4.83. The first kappa shape index (κ1) is 12.9. The quantitative estimate of drug-likeness (QED) is 0.525. The van der Waals surface area contributed by atoms with Crippen LogP contribution in [0, 0.1) is 0 Å². The second kappa shape index (κ2) is 7.14. The average molecular weight is 222 g/mol. The van der Waals surface area contributed by atoms with Crippen LogP contribution in [-0.2, 0) is 14.3 Å². The number of rotatable bonds is 7. The van der Waals surface area contributed by atoms with Gasteiger partial charge in [-0.1, -0.05) is 30.3 Å². The Kier molecular flexibility index (Phi) is 5.75. The van der Waals surface area contributed by atoms with Crippen molar-refractivity contribution in [1.82, 2.24) is 0 Å². The molecule has 0 radical (unpaired) electrons. The highest BCUT2D eigenvalue weighted by molar-refractivity contribution is 5.62. The van der Waals surface area contributed by atoms with Gasteiger partial charge in [-0.15, -0.1) is 0 Å². The Bertz CT molecular complexity index is 291. The molecule has 0 N–H and O–H groups in total. The molecule has 0 aliphatic carbocycles. The molecule has 88 valence electrons. The molecule has 3 heteroatoms. The fraction of sp³-hybridized carbons (Fsp3) is 0.462. The first-order valence-corrected chi connectivity index (χ1v) is 5.56. The van der Waals surface area contributed by atoms with E-state index in [1.165, 1.54) is 0 Å². The molecule has 1 unspecified atom stereocenters. The van der Waals surface area contributed by atoms with Crippen LogP contribution in [0.4, 0.5) is 0 Å². The standard InChI is InChI=1S/C13H18O3/c1-3-15-13(16-4-2)12(10-14)11-8-6-5-7-9-11/h5-10,12-13H,3-4H2,1-2H3. The molecule has 0 fully saturated rings. The van der Waals surface area contributed by atoms with E-state index in [9.17, 15) is 4.79 Å². The van der Waals surface area contributed by atoms with Crippen LogP contribution in [0.3, 0.4) is 0 Å². The number of carbonyl (C=O) groups is 1. The Morgan fingerprint density at radius 1 is 1.12 bits per heavy atom. The lowest BCUT2D eigenvalue weighted by atomic mass is 10.0. The fourth-order valence-electron chi connectivity index (χ4n) is 1.56. The first-order chi connectivity index (χ1) is 7.83. The van der Waals surface area contributed by atoms with E-state index in [1.54, 1.807) is 0 Å². The molecule has 1 atom stereocenters. The molecule has 0 saturated heterocycles. The van der Waals surface area contributed by atoms with Crippen molar-refractivity contribution < 1.29 is 14.3 Å². The minimum Gasteiger partial charge on any atom is -0.352 e. The monoisotopic (exact) mass is 222 g/mol. The van der Waals surface area contributed by atoms with E-state index in [-0.39, 0.29) is 5.92 Å². The maximum Gasteiger partial charge on any atom is 0.170 e. The van der Waals surface area contributed by atoms with Crippen LogP contribution in [-0.4, -0.2) is 25.8 Å². The van der Waals surface area contributed by atoms with Crippen LogP contribution in [0.25, 0.3) is 0 Å². The second-order valence-corrected chi connectivity index (χ2v) is 3.35. The highest BCUT2D eigenvalue weighted by Crippen LogP contribution is 2.20. The smallest absolute Gasteiger partial charge is 0.170 e. The zero-order valence-corrected chi connectivity index (χ0v) is 9.76. The van der Waals surface area contributed by atoms with Crippen LogP contribution >= 0.6 is 0 Å². The predicted octanol–water partition coefficient (Wildman–Crippen LogP) is 2.37. The number of hydrogen-bond acceptors (Lipinski definition) is 3. The highest BCUT2D eigenvalue weighted by atomic mass is 16.7. The summed E-state index contributed by atoms with van der Waals surface area (Å²) >= 11 is 0.